The molecule has 1 heterocycles. The van der Waals surface area contributed by atoms with E-state index in [0.29, 0.717) is 18.6 Å². The van der Waals surface area contributed by atoms with E-state index in [4.69, 9.17) is 9.73 Å². The molecule has 1 rings (SSSR count). The number of hydrogen-bond donors (Lipinski definition) is 3. The predicted molar refractivity (Wildman–Crippen MR) is 117 cm³/mol. The van der Waals surface area contributed by atoms with E-state index >= 15 is 0 Å². The molecule has 0 bridgehead atoms. The summed E-state index contributed by atoms with van der Waals surface area (Å²) >= 11 is 0. The van der Waals surface area contributed by atoms with Gasteiger partial charge in [-0.25, -0.2) is 4.79 Å². The Morgan fingerprint density at radius 2 is 1.79 bits per heavy atom. The van der Waals surface area contributed by atoms with Gasteiger partial charge in [-0.3, -0.25) is 4.99 Å². The van der Waals surface area contributed by atoms with Gasteiger partial charge in [0.15, 0.2) is 5.96 Å². The van der Waals surface area contributed by atoms with Crippen molar-refractivity contribution in [2.75, 3.05) is 26.2 Å². The Balaban J connectivity index is 2.63. The molecule has 0 saturated carbocycles. The third-order valence-corrected chi connectivity index (χ3v) is 4.90. The van der Waals surface area contributed by atoms with Crippen LogP contribution >= 0.6 is 0 Å². The normalized spacial score (nSPS) is 18.3. The lowest BCUT2D eigenvalue weighted by atomic mass is 10.0. The maximum atomic E-state index is 12.1. The fourth-order valence-electron chi connectivity index (χ4n) is 3.15. The van der Waals surface area contributed by atoms with Gasteiger partial charge in [0.25, 0.3) is 0 Å². The smallest absolute Gasteiger partial charge is 0.407 e. The molecule has 3 N–H and O–H groups in total. The lowest BCUT2D eigenvalue weighted by molar-refractivity contribution is 0.0493. The quantitative estimate of drug-likeness (QED) is 0.455. The van der Waals surface area contributed by atoms with Crippen LogP contribution in [0.5, 0.6) is 0 Å². The standard InChI is InChI=1S/C21H43N5O2/c1-9-22-19(24-17-10-12-26(13-11-17)16(4)5)23-14-18(15(2)3)25-20(27)28-21(6,7)8/h15-18H,9-14H2,1-8H3,(H,25,27)(H2,22,23,24). The molecule has 7 nitrogen and oxygen atoms in total. The second-order valence-electron chi connectivity index (χ2n) is 9.26. The van der Waals surface area contributed by atoms with Gasteiger partial charge in [0, 0.05) is 31.7 Å². The number of likely N-dealkylation sites (tertiary alicyclic amines) is 1. The number of piperidine rings is 1. The van der Waals surface area contributed by atoms with Gasteiger partial charge in [-0.2, -0.15) is 0 Å². The number of ether oxygens (including phenoxy) is 1. The molecule has 1 saturated heterocycles. The maximum absolute atomic E-state index is 12.1. The Morgan fingerprint density at radius 1 is 1.18 bits per heavy atom. The molecule has 0 spiro atoms. The van der Waals surface area contributed by atoms with Gasteiger partial charge in [0.1, 0.15) is 5.60 Å². The van der Waals surface area contributed by atoms with Crippen molar-refractivity contribution >= 4 is 12.1 Å². The first-order chi connectivity index (χ1) is 13.0. The molecule has 1 unspecified atom stereocenters. The Kier molecular flexibility index (Phi) is 10.1. The van der Waals surface area contributed by atoms with Gasteiger partial charge in [0.05, 0.1) is 12.6 Å². The fraction of sp³-hybridized carbons (Fsp3) is 0.905. The number of guanidine groups is 1. The molecule has 0 radical (unpaired) electrons. The number of alkyl carbamates (subject to hydrolysis) is 1. The van der Waals surface area contributed by atoms with E-state index in [-0.39, 0.29) is 18.1 Å². The highest BCUT2D eigenvalue weighted by molar-refractivity contribution is 5.80. The summed E-state index contributed by atoms with van der Waals surface area (Å²) in [5, 5.41) is 9.86. The van der Waals surface area contributed by atoms with Crippen LogP contribution in [0.1, 0.15) is 68.2 Å². The summed E-state index contributed by atoms with van der Waals surface area (Å²) < 4.78 is 5.39. The number of carbonyl (C=O) groups excluding carboxylic acids is 1. The molecular formula is C21H43N5O2. The van der Waals surface area contributed by atoms with Crippen LogP contribution in [0.15, 0.2) is 4.99 Å². The highest BCUT2D eigenvalue weighted by atomic mass is 16.6. The highest BCUT2D eigenvalue weighted by Gasteiger charge is 2.23. The molecule has 0 aliphatic carbocycles. The van der Waals surface area contributed by atoms with Crippen molar-refractivity contribution in [1.29, 1.82) is 0 Å². The summed E-state index contributed by atoms with van der Waals surface area (Å²) in [7, 11) is 0. The van der Waals surface area contributed by atoms with Gasteiger partial charge in [-0.15, -0.1) is 0 Å². The Bertz CT molecular complexity index is 492. The van der Waals surface area contributed by atoms with E-state index < -0.39 is 5.60 Å². The predicted octanol–water partition coefficient (Wildman–Crippen LogP) is 2.96. The highest BCUT2D eigenvalue weighted by Crippen LogP contribution is 2.13. The molecule has 1 aliphatic rings. The van der Waals surface area contributed by atoms with Crippen LogP contribution in [-0.2, 0) is 4.74 Å². The van der Waals surface area contributed by atoms with Crippen LogP contribution in [0.25, 0.3) is 0 Å². The molecule has 7 heteroatoms. The third kappa shape index (κ3) is 9.62. The van der Waals surface area contributed by atoms with Crippen LogP contribution in [-0.4, -0.2) is 66.9 Å². The van der Waals surface area contributed by atoms with Gasteiger partial charge in [0.2, 0.25) is 0 Å². The molecule has 28 heavy (non-hydrogen) atoms. The minimum absolute atomic E-state index is 0.0758. The molecule has 164 valence electrons. The molecule has 1 fully saturated rings. The minimum atomic E-state index is -0.504. The van der Waals surface area contributed by atoms with Crippen molar-refractivity contribution in [2.24, 2.45) is 10.9 Å². The van der Waals surface area contributed by atoms with Crippen molar-refractivity contribution in [3.63, 3.8) is 0 Å². The van der Waals surface area contributed by atoms with Gasteiger partial charge in [-0.05, 0) is 60.3 Å². The number of aliphatic imine (C=N–C) groups is 1. The molecule has 0 aromatic heterocycles. The van der Waals surface area contributed by atoms with Crippen molar-refractivity contribution in [1.82, 2.24) is 20.9 Å². The average molecular weight is 398 g/mol. The van der Waals surface area contributed by atoms with E-state index in [9.17, 15) is 4.79 Å². The number of nitrogens with zero attached hydrogens (tertiary/aromatic N) is 2. The Labute approximate surface area is 172 Å². The van der Waals surface area contributed by atoms with Crippen LogP contribution in [0.3, 0.4) is 0 Å². The van der Waals surface area contributed by atoms with Crippen LogP contribution in [0.2, 0.25) is 0 Å². The number of hydrogen-bond acceptors (Lipinski definition) is 4. The Morgan fingerprint density at radius 3 is 2.25 bits per heavy atom. The summed E-state index contributed by atoms with van der Waals surface area (Å²) in [5.41, 5.74) is -0.504. The van der Waals surface area contributed by atoms with E-state index in [2.05, 4.69) is 55.5 Å². The minimum Gasteiger partial charge on any atom is -0.444 e. The zero-order chi connectivity index (χ0) is 21.3. The molecule has 1 atom stereocenters. The summed E-state index contributed by atoms with van der Waals surface area (Å²) in [6.07, 6.45) is 1.85. The number of rotatable bonds is 7. The first kappa shape index (κ1) is 24.5. The molecular weight excluding hydrogens is 354 g/mol. The largest absolute Gasteiger partial charge is 0.444 e. The van der Waals surface area contributed by atoms with Gasteiger partial charge < -0.3 is 25.6 Å². The van der Waals surface area contributed by atoms with Crippen molar-refractivity contribution in [3.05, 3.63) is 0 Å². The van der Waals surface area contributed by atoms with Crippen LogP contribution < -0.4 is 16.0 Å². The molecule has 0 aromatic carbocycles. The zero-order valence-corrected chi connectivity index (χ0v) is 19.3. The van der Waals surface area contributed by atoms with E-state index in [1.165, 1.54) is 0 Å². The summed E-state index contributed by atoms with van der Waals surface area (Å²) in [5.74, 6) is 1.08. The first-order valence-corrected chi connectivity index (χ1v) is 10.8. The lowest BCUT2D eigenvalue weighted by Crippen LogP contribution is -2.50. The number of carbonyl (C=O) groups is 1. The first-order valence-electron chi connectivity index (χ1n) is 10.8. The van der Waals surface area contributed by atoms with Crippen molar-refractivity contribution in [3.8, 4) is 0 Å². The summed E-state index contributed by atoms with van der Waals surface area (Å²) in [6.45, 7) is 19.9. The topological polar surface area (TPSA) is 78.0 Å². The monoisotopic (exact) mass is 397 g/mol. The second kappa shape index (κ2) is 11.5. The summed E-state index contributed by atoms with van der Waals surface area (Å²) in [6, 6.07) is 0.964. The van der Waals surface area contributed by atoms with Crippen molar-refractivity contribution < 1.29 is 9.53 Å². The summed E-state index contributed by atoms with van der Waals surface area (Å²) in [4.78, 5) is 19.4. The molecule has 1 amide bonds. The van der Waals surface area contributed by atoms with Gasteiger partial charge in [-0.1, -0.05) is 13.8 Å². The third-order valence-electron chi connectivity index (χ3n) is 4.90. The fourth-order valence-corrected chi connectivity index (χ4v) is 3.15. The number of nitrogens with one attached hydrogen (secondary N) is 3. The molecule has 1 aliphatic heterocycles. The van der Waals surface area contributed by atoms with Crippen molar-refractivity contribution in [2.45, 2.75) is 92.0 Å². The van der Waals surface area contributed by atoms with E-state index in [1.807, 2.05) is 20.8 Å². The SMILES string of the molecule is CCNC(=NCC(NC(=O)OC(C)(C)C)C(C)C)NC1CCN(C(C)C)CC1. The maximum Gasteiger partial charge on any atom is 0.407 e. The van der Waals surface area contributed by atoms with Gasteiger partial charge >= 0.3 is 6.09 Å². The van der Waals surface area contributed by atoms with E-state index in [1.54, 1.807) is 0 Å². The average Bonchev–Trinajstić information content (AvgIpc) is 2.57. The zero-order valence-electron chi connectivity index (χ0n) is 19.3. The second-order valence-corrected chi connectivity index (χ2v) is 9.26. The molecule has 0 aromatic rings. The van der Waals surface area contributed by atoms with Crippen LogP contribution in [0, 0.1) is 5.92 Å². The Hall–Kier alpha value is -1.50. The van der Waals surface area contributed by atoms with Crippen LogP contribution in [0.4, 0.5) is 4.79 Å². The number of amides is 1. The lowest BCUT2D eigenvalue weighted by Gasteiger charge is -2.35. The van der Waals surface area contributed by atoms with E-state index in [0.717, 1.165) is 38.4 Å².